The highest BCUT2D eigenvalue weighted by Gasteiger charge is 2.19. The van der Waals surface area contributed by atoms with E-state index in [0.717, 1.165) is 44.4 Å². The van der Waals surface area contributed by atoms with Crippen molar-refractivity contribution in [2.75, 3.05) is 0 Å². The first-order valence-corrected chi connectivity index (χ1v) is 15.4. The second kappa shape index (κ2) is 9.22. The zero-order valence-corrected chi connectivity index (χ0v) is 24.4. The van der Waals surface area contributed by atoms with Gasteiger partial charge in [0.15, 0.2) is 0 Å². The molecular weight excluding hydrogens is 546 g/mol. The third kappa shape index (κ3) is 3.41. The topological polar surface area (TPSA) is 14.8 Å². The fourth-order valence-electron chi connectivity index (χ4n) is 7.47. The molecule has 0 saturated heterocycles. The van der Waals surface area contributed by atoms with Crippen molar-refractivity contribution in [1.82, 2.24) is 13.7 Å². The smallest absolute Gasteiger partial charge is 0.0623 e. The van der Waals surface area contributed by atoms with E-state index in [9.17, 15) is 0 Å². The van der Waals surface area contributed by atoms with Crippen LogP contribution in [0.3, 0.4) is 0 Å². The van der Waals surface area contributed by atoms with Crippen LogP contribution in [0.15, 0.2) is 164 Å². The largest absolute Gasteiger partial charge is 0.309 e. The zero-order valence-electron chi connectivity index (χ0n) is 25.4. The normalized spacial score (nSPS) is 12.3. The lowest BCUT2D eigenvalue weighted by atomic mass is 10.1. The average Bonchev–Trinajstić information content (AvgIpc) is 3.73. The SMILES string of the molecule is [2H]c1ccc2c(c1)c1cc3c4ccccc4n(-c4ccccc4)c3cc1n2-c1cccc(-n2c3ccccc3c3ccccc32)c1. The number of benzene rings is 7. The summed E-state index contributed by atoms with van der Waals surface area (Å²) >= 11 is 0. The number of hydrogen-bond acceptors (Lipinski definition) is 0. The van der Waals surface area contributed by atoms with Gasteiger partial charge < -0.3 is 13.7 Å². The van der Waals surface area contributed by atoms with Gasteiger partial charge in [-0.15, -0.1) is 0 Å². The molecule has 0 spiro atoms. The molecule has 0 bridgehead atoms. The molecule has 3 heterocycles. The number of fused-ring (bicyclic) bond motifs is 9. The lowest BCUT2D eigenvalue weighted by Crippen LogP contribution is -1.99. The van der Waals surface area contributed by atoms with Crippen LogP contribution >= 0.6 is 0 Å². The Morgan fingerprint density at radius 3 is 1.31 bits per heavy atom. The van der Waals surface area contributed by atoms with Crippen LogP contribution in [0.25, 0.3) is 82.5 Å². The van der Waals surface area contributed by atoms with Crippen molar-refractivity contribution < 1.29 is 1.37 Å². The molecular formula is C42H27N3. The molecule has 10 aromatic rings. The predicted octanol–water partition coefficient (Wildman–Crippen LogP) is 11.0. The van der Waals surface area contributed by atoms with Crippen molar-refractivity contribution in [3.63, 3.8) is 0 Å². The van der Waals surface area contributed by atoms with Gasteiger partial charge in [-0.05, 0) is 66.7 Å². The Morgan fingerprint density at radius 2 is 0.711 bits per heavy atom. The quantitative estimate of drug-likeness (QED) is 0.199. The molecule has 0 aliphatic carbocycles. The molecule has 0 N–H and O–H groups in total. The maximum Gasteiger partial charge on any atom is 0.0623 e. The summed E-state index contributed by atoms with van der Waals surface area (Å²) in [4.78, 5) is 0. The highest BCUT2D eigenvalue weighted by atomic mass is 15.0. The third-order valence-electron chi connectivity index (χ3n) is 9.34. The summed E-state index contributed by atoms with van der Waals surface area (Å²) in [6.45, 7) is 0. The zero-order chi connectivity index (χ0) is 30.4. The molecule has 0 amide bonds. The van der Waals surface area contributed by atoms with Gasteiger partial charge in [0.2, 0.25) is 0 Å². The monoisotopic (exact) mass is 574 g/mol. The Hall–Kier alpha value is -6.06. The molecule has 3 heteroatoms. The van der Waals surface area contributed by atoms with Crippen molar-refractivity contribution >= 4 is 65.4 Å². The minimum atomic E-state index is 0.511. The number of hydrogen-bond donors (Lipinski definition) is 0. The number of nitrogens with zero attached hydrogens (tertiary/aromatic N) is 3. The van der Waals surface area contributed by atoms with Crippen LogP contribution in [0, 0.1) is 0 Å². The van der Waals surface area contributed by atoms with E-state index in [1.807, 2.05) is 12.1 Å². The van der Waals surface area contributed by atoms with Gasteiger partial charge in [-0.1, -0.05) is 97.0 Å². The van der Waals surface area contributed by atoms with Crippen LogP contribution in [0.2, 0.25) is 0 Å². The Bertz CT molecular complexity index is 2760. The van der Waals surface area contributed by atoms with Gasteiger partial charge in [0.25, 0.3) is 0 Å². The van der Waals surface area contributed by atoms with Crippen LogP contribution in [0.4, 0.5) is 0 Å². The van der Waals surface area contributed by atoms with E-state index in [-0.39, 0.29) is 0 Å². The maximum atomic E-state index is 8.54. The lowest BCUT2D eigenvalue weighted by molar-refractivity contribution is 1.13. The van der Waals surface area contributed by atoms with Gasteiger partial charge in [-0.2, -0.15) is 0 Å². The van der Waals surface area contributed by atoms with Crippen molar-refractivity contribution in [2.24, 2.45) is 0 Å². The molecule has 3 nitrogen and oxygen atoms in total. The minimum Gasteiger partial charge on any atom is -0.309 e. The Balaban J connectivity index is 1.31. The van der Waals surface area contributed by atoms with E-state index in [1.165, 1.54) is 38.1 Å². The molecule has 210 valence electrons. The van der Waals surface area contributed by atoms with Crippen molar-refractivity contribution in [2.45, 2.75) is 0 Å². The Labute approximate surface area is 260 Å². The van der Waals surface area contributed by atoms with Crippen LogP contribution in [-0.4, -0.2) is 13.7 Å². The van der Waals surface area contributed by atoms with E-state index in [4.69, 9.17) is 1.37 Å². The molecule has 3 aromatic heterocycles. The van der Waals surface area contributed by atoms with Gasteiger partial charge in [0, 0.05) is 49.4 Å². The standard InChI is InChI=1S/C42H27N3/c1-2-13-28(14-3-1)43-39-23-10-6-19-33(39)35-26-36-34-20-7-11-24-40(34)45(42(36)27-41(35)43)30-16-12-15-29(25-30)44-37-21-8-4-17-31(37)32-18-5-9-22-38(32)44/h1-27H/i7D. The van der Waals surface area contributed by atoms with E-state index in [2.05, 4.69) is 159 Å². The first-order valence-electron chi connectivity index (χ1n) is 15.9. The molecule has 0 aliphatic rings. The number of rotatable bonds is 3. The molecule has 45 heavy (non-hydrogen) atoms. The highest BCUT2D eigenvalue weighted by molar-refractivity contribution is 6.19. The summed E-state index contributed by atoms with van der Waals surface area (Å²) in [5.74, 6) is 0. The number of aromatic nitrogens is 3. The van der Waals surface area contributed by atoms with Gasteiger partial charge >= 0.3 is 0 Å². The van der Waals surface area contributed by atoms with E-state index >= 15 is 0 Å². The lowest BCUT2D eigenvalue weighted by Gasteiger charge is -2.13. The van der Waals surface area contributed by atoms with Gasteiger partial charge in [0.05, 0.1) is 34.5 Å². The van der Waals surface area contributed by atoms with Crippen LogP contribution in [-0.2, 0) is 0 Å². The fourth-order valence-corrected chi connectivity index (χ4v) is 7.47. The van der Waals surface area contributed by atoms with Crippen molar-refractivity contribution in [3.8, 4) is 17.1 Å². The summed E-state index contributed by atoms with van der Waals surface area (Å²) in [6, 6.07) is 56.6. The van der Waals surface area contributed by atoms with Gasteiger partial charge in [-0.25, -0.2) is 0 Å². The average molecular weight is 575 g/mol. The molecule has 7 aromatic carbocycles. The molecule has 0 atom stereocenters. The first kappa shape index (κ1) is 23.4. The highest BCUT2D eigenvalue weighted by Crippen LogP contribution is 2.40. The maximum absolute atomic E-state index is 8.54. The second-order valence-corrected chi connectivity index (χ2v) is 11.7. The molecule has 0 aliphatic heterocycles. The van der Waals surface area contributed by atoms with Gasteiger partial charge in [0.1, 0.15) is 0 Å². The molecule has 0 radical (unpaired) electrons. The Morgan fingerprint density at radius 1 is 0.289 bits per heavy atom. The summed E-state index contributed by atoms with van der Waals surface area (Å²) < 4.78 is 15.7. The first-order chi connectivity index (χ1) is 22.7. The summed E-state index contributed by atoms with van der Waals surface area (Å²) in [5, 5.41) is 7.16. The van der Waals surface area contributed by atoms with Crippen molar-refractivity contribution in [1.29, 1.82) is 0 Å². The van der Waals surface area contributed by atoms with Crippen LogP contribution in [0.5, 0.6) is 0 Å². The predicted molar refractivity (Wildman–Crippen MR) is 189 cm³/mol. The second-order valence-electron chi connectivity index (χ2n) is 11.7. The Kier molecular flexibility index (Phi) is 4.79. The summed E-state index contributed by atoms with van der Waals surface area (Å²) in [6.07, 6.45) is 0. The summed E-state index contributed by atoms with van der Waals surface area (Å²) in [5.41, 5.74) is 10.3. The van der Waals surface area contributed by atoms with E-state index < -0.39 is 0 Å². The molecule has 10 rings (SSSR count). The van der Waals surface area contributed by atoms with Crippen molar-refractivity contribution in [3.05, 3.63) is 164 Å². The van der Waals surface area contributed by atoms with E-state index in [0.29, 0.717) is 6.04 Å². The molecule has 0 unspecified atom stereocenters. The van der Waals surface area contributed by atoms with E-state index in [1.54, 1.807) is 0 Å². The minimum absolute atomic E-state index is 0.511. The molecule has 0 saturated carbocycles. The third-order valence-corrected chi connectivity index (χ3v) is 9.34. The van der Waals surface area contributed by atoms with Gasteiger partial charge in [-0.3, -0.25) is 0 Å². The van der Waals surface area contributed by atoms with Crippen LogP contribution < -0.4 is 0 Å². The van der Waals surface area contributed by atoms with Crippen LogP contribution in [0.1, 0.15) is 1.37 Å². The number of para-hydroxylation sites is 5. The molecule has 0 fully saturated rings. The fraction of sp³-hybridized carbons (Fsp3) is 0. The summed E-state index contributed by atoms with van der Waals surface area (Å²) in [7, 11) is 0.